The lowest BCUT2D eigenvalue weighted by atomic mass is 10.1. The molecule has 2 aromatic carbocycles. The van der Waals surface area contributed by atoms with Gasteiger partial charge in [-0.25, -0.2) is 4.39 Å². The van der Waals surface area contributed by atoms with E-state index in [2.05, 4.69) is 43.7 Å². The highest BCUT2D eigenvalue weighted by atomic mass is 79.9. The molecule has 1 atom stereocenters. The second kappa shape index (κ2) is 10.5. The van der Waals surface area contributed by atoms with E-state index in [0.717, 1.165) is 31.6 Å². The highest BCUT2D eigenvalue weighted by Gasteiger charge is 2.31. The zero-order valence-corrected chi connectivity index (χ0v) is 19.0. The molecule has 6 nitrogen and oxygen atoms in total. The highest BCUT2D eigenvalue weighted by Crippen LogP contribution is 2.23. The molecule has 0 radical (unpaired) electrons. The van der Waals surface area contributed by atoms with E-state index in [4.69, 9.17) is 9.47 Å². The molecule has 1 aromatic heterocycles. The standard InChI is InChI=1S/C24H24BrFN4O2/c25-21-7-6-20(23(26)17-21)10-11-24(27-13-16-32-24)18-31-22-8-4-19(5-9-22)3-1-2-14-30-15-12-28-29-30/h4-13,15-17,27H,1-3,14,18H2/b11-10+. The van der Waals surface area contributed by atoms with Crippen molar-refractivity contribution in [1.82, 2.24) is 20.3 Å². The Labute approximate surface area is 194 Å². The first kappa shape index (κ1) is 22.1. The summed E-state index contributed by atoms with van der Waals surface area (Å²) in [6, 6.07) is 13.0. The van der Waals surface area contributed by atoms with Crippen molar-refractivity contribution >= 4 is 22.0 Å². The summed E-state index contributed by atoms with van der Waals surface area (Å²) < 4.78 is 28.3. The molecular formula is C24H24BrFN4O2. The lowest BCUT2D eigenvalue weighted by Crippen LogP contribution is -2.44. The number of nitrogens with zero attached hydrogens (tertiary/aromatic N) is 3. The number of rotatable bonds is 10. The maximum absolute atomic E-state index is 14.1. The normalized spacial score (nSPS) is 17.4. The van der Waals surface area contributed by atoms with Crippen LogP contribution in [0.5, 0.6) is 5.75 Å². The zero-order valence-electron chi connectivity index (χ0n) is 17.5. The number of unbranched alkanes of at least 4 members (excludes halogenated alkanes) is 1. The maximum atomic E-state index is 14.1. The number of nitrogens with one attached hydrogen (secondary N) is 1. The lowest BCUT2D eigenvalue weighted by molar-refractivity contribution is 0.0254. The van der Waals surface area contributed by atoms with Gasteiger partial charge in [-0.15, -0.1) is 5.10 Å². The number of aromatic nitrogens is 3. The van der Waals surface area contributed by atoms with Crippen LogP contribution in [0.25, 0.3) is 6.08 Å². The molecule has 1 unspecified atom stereocenters. The third-order valence-electron chi connectivity index (χ3n) is 5.12. The van der Waals surface area contributed by atoms with Crippen LogP contribution in [0, 0.1) is 5.82 Å². The van der Waals surface area contributed by atoms with E-state index in [9.17, 15) is 4.39 Å². The van der Waals surface area contributed by atoms with Crippen molar-refractivity contribution in [2.75, 3.05) is 6.61 Å². The summed E-state index contributed by atoms with van der Waals surface area (Å²) in [5.41, 5.74) is 0.839. The largest absolute Gasteiger partial charge is 0.487 e. The minimum atomic E-state index is -0.889. The van der Waals surface area contributed by atoms with Crippen LogP contribution >= 0.6 is 15.9 Å². The average Bonchev–Trinajstić information content (AvgIpc) is 3.48. The first-order chi connectivity index (χ1) is 15.6. The third-order valence-corrected chi connectivity index (χ3v) is 5.61. The second-order valence-electron chi connectivity index (χ2n) is 7.51. The molecule has 1 aliphatic heterocycles. The molecule has 2 heterocycles. The van der Waals surface area contributed by atoms with E-state index in [1.165, 1.54) is 11.6 Å². The van der Waals surface area contributed by atoms with Gasteiger partial charge >= 0.3 is 0 Å². The molecule has 0 saturated heterocycles. The summed E-state index contributed by atoms with van der Waals surface area (Å²) in [6.45, 7) is 1.11. The fourth-order valence-corrected chi connectivity index (χ4v) is 3.67. The van der Waals surface area contributed by atoms with Gasteiger partial charge in [-0.05, 0) is 55.2 Å². The van der Waals surface area contributed by atoms with Crippen molar-refractivity contribution in [1.29, 1.82) is 0 Å². The van der Waals surface area contributed by atoms with Gasteiger partial charge in [0.15, 0.2) is 6.61 Å². The van der Waals surface area contributed by atoms with Crippen LogP contribution in [0.2, 0.25) is 0 Å². The highest BCUT2D eigenvalue weighted by molar-refractivity contribution is 9.10. The van der Waals surface area contributed by atoms with E-state index in [0.29, 0.717) is 10.0 Å². The van der Waals surface area contributed by atoms with E-state index >= 15 is 0 Å². The molecule has 0 bridgehead atoms. The first-order valence-corrected chi connectivity index (χ1v) is 11.2. The van der Waals surface area contributed by atoms with E-state index in [1.807, 2.05) is 23.0 Å². The predicted molar refractivity (Wildman–Crippen MR) is 124 cm³/mol. The van der Waals surface area contributed by atoms with Gasteiger partial charge in [0.25, 0.3) is 0 Å². The molecule has 4 rings (SSSR count). The van der Waals surface area contributed by atoms with Gasteiger partial charge in [-0.1, -0.05) is 45.4 Å². The van der Waals surface area contributed by atoms with Crippen LogP contribution in [-0.4, -0.2) is 27.3 Å². The maximum Gasteiger partial charge on any atom is 0.233 e. The summed E-state index contributed by atoms with van der Waals surface area (Å²) in [7, 11) is 0. The fraction of sp³-hybridized carbons (Fsp3) is 0.250. The van der Waals surface area contributed by atoms with Crippen LogP contribution in [0.3, 0.4) is 0 Å². The van der Waals surface area contributed by atoms with Gasteiger partial charge in [0, 0.05) is 29.0 Å². The van der Waals surface area contributed by atoms with Crippen molar-refractivity contribution in [3.63, 3.8) is 0 Å². The summed E-state index contributed by atoms with van der Waals surface area (Å²) in [5, 5.41) is 10.9. The second-order valence-corrected chi connectivity index (χ2v) is 8.43. The van der Waals surface area contributed by atoms with E-state index in [-0.39, 0.29) is 12.4 Å². The molecular weight excluding hydrogens is 475 g/mol. The summed E-state index contributed by atoms with van der Waals surface area (Å²) in [6.07, 6.45) is 13.4. The molecule has 3 aromatic rings. The van der Waals surface area contributed by atoms with Crippen LogP contribution in [0.1, 0.15) is 24.0 Å². The van der Waals surface area contributed by atoms with Crippen molar-refractivity contribution in [3.8, 4) is 5.75 Å². The Morgan fingerprint density at radius 2 is 2.06 bits per heavy atom. The van der Waals surface area contributed by atoms with Crippen molar-refractivity contribution < 1.29 is 13.9 Å². The average molecular weight is 499 g/mol. The lowest BCUT2D eigenvalue weighted by Gasteiger charge is -2.26. The molecule has 0 amide bonds. The molecule has 1 N–H and O–H groups in total. The number of hydrogen-bond donors (Lipinski definition) is 1. The molecule has 32 heavy (non-hydrogen) atoms. The minimum Gasteiger partial charge on any atom is -0.487 e. The number of aryl methyl sites for hydroxylation is 2. The van der Waals surface area contributed by atoms with Crippen LogP contribution in [-0.2, 0) is 17.7 Å². The smallest absolute Gasteiger partial charge is 0.233 e. The molecule has 0 fully saturated rings. The van der Waals surface area contributed by atoms with Crippen molar-refractivity contribution in [2.24, 2.45) is 0 Å². The fourth-order valence-electron chi connectivity index (χ4n) is 3.33. The Kier molecular flexibility index (Phi) is 7.21. The third kappa shape index (κ3) is 5.97. The monoisotopic (exact) mass is 498 g/mol. The topological polar surface area (TPSA) is 61.2 Å². The van der Waals surface area contributed by atoms with Gasteiger partial charge in [-0.2, -0.15) is 0 Å². The Hall–Kier alpha value is -3.13. The first-order valence-electron chi connectivity index (χ1n) is 10.4. The molecule has 0 saturated carbocycles. The van der Waals surface area contributed by atoms with E-state index < -0.39 is 5.72 Å². The molecule has 1 aliphatic rings. The number of halogens is 2. The Morgan fingerprint density at radius 1 is 1.19 bits per heavy atom. The minimum absolute atomic E-state index is 0.228. The number of hydrogen-bond acceptors (Lipinski definition) is 5. The Balaban J connectivity index is 1.29. The van der Waals surface area contributed by atoms with Crippen molar-refractivity contribution in [3.05, 3.63) is 94.8 Å². The summed E-state index contributed by atoms with van der Waals surface area (Å²) in [4.78, 5) is 0. The number of benzene rings is 2. The molecule has 166 valence electrons. The van der Waals surface area contributed by atoms with Crippen LogP contribution in [0.4, 0.5) is 4.39 Å². The van der Waals surface area contributed by atoms with Crippen LogP contribution in [0.15, 0.2) is 77.9 Å². The Morgan fingerprint density at radius 3 is 2.78 bits per heavy atom. The van der Waals surface area contributed by atoms with E-state index in [1.54, 1.807) is 42.9 Å². The Bertz CT molecular complexity index is 1060. The van der Waals surface area contributed by atoms with Gasteiger partial charge in [0.05, 0.1) is 6.20 Å². The van der Waals surface area contributed by atoms with Gasteiger partial charge < -0.3 is 14.8 Å². The molecule has 8 heteroatoms. The van der Waals surface area contributed by atoms with Crippen molar-refractivity contribution in [2.45, 2.75) is 31.5 Å². The predicted octanol–water partition coefficient (Wildman–Crippen LogP) is 5.08. The quantitative estimate of drug-likeness (QED) is 0.395. The SMILES string of the molecule is Fc1cc(Br)ccc1/C=C/C1(COc2ccc(CCCCn3ccnn3)cc2)NC=CO1. The van der Waals surface area contributed by atoms with Crippen LogP contribution < -0.4 is 10.1 Å². The van der Waals surface area contributed by atoms with Gasteiger partial charge in [0.2, 0.25) is 5.72 Å². The number of ether oxygens (including phenoxy) is 2. The summed E-state index contributed by atoms with van der Waals surface area (Å²) in [5.74, 6) is 0.436. The summed E-state index contributed by atoms with van der Waals surface area (Å²) >= 11 is 3.27. The van der Waals surface area contributed by atoms with Gasteiger partial charge in [0.1, 0.15) is 17.8 Å². The van der Waals surface area contributed by atoms with Gasteiger partial charge in [-0.3, -0.25) is 4.68 Å². The molecule has 0 spiro atoms. The zero-order chi connectivity index (χ0) is 22.2. The molecule has 0 aliphatic carbocycles.